The zero-order valence-corrected chi connectivity index (χ0v) is 28.2. The second kappa shape index (κ2) is 12.1. The first-order chi connectivity index (χ1) is 25.1. The summed E-state index contributed by atoms with van der Waals surface area (Å²) in [4.78, 5) is 19.0. The minimum absolute atomic E-state index is 0.0827. The first kappa shape index (κ1) is 32.1. The van der Waals surface area contributed by atoms with Crippen molar-refractivity contribution in [2.24, 2.45) is 11.0 Å². The van der Waals surface area contributed by atoms with Gasteiger partial charge in [0.05, 0.1) is 17.4 Å². The van der Waals surface area contributed by atoms with Gasteiger partial charge in [-0.2, -0.15) is 23.4 Å². The van der Waals surface area contributed by atoms with Crippen LogP contribution in [-0.2, 0) is 6.18 Å². The third-order valence-electron chi connectivity index (χ3n) is 10.00. The number of carbonyl (C=O) groups is 1. The summed E-state index contributed by atoms with van der Waals surface area (Å²) in [5.74, 6) is 1.88. The van der Waals surface area contributed by atoms with Crippen molar-refractivity contribution in [3.63, 3.8) is 0 Å². The lowest BCUT2D eigenvalue weighted by atomic mass is 9.77. The van der Waals surface area contributed by atoms with Gasteiger partial charge in [0, 0.05) is 17.5 Å². The van der Waals surface area contributed by atoms with Crippen molar-refractivity contribution in [3.8, 4) is 34.3 Å². The van der Waals surface area contributed by atoms with Crippen LogP contribution in [0.2, 0.25) is 0 Å². The molecule has 5 heterocycles. The van der Waals surface area contributed by atoms with E-state index in [0.29, 0.717) is 33.1 Å². The maximum atomic E-state index is 14.5. The molecule has 9 rings (SSSR count). The Morgan fingerprint density at radius 2 is 1.60 bits per heavy atom. The van der Waals surface area contributed by atoms with Crippen LogP contribution >= 0.6 is 0 Å². The molecule has 0 unspecified atom stereocenters. The highest BCUT2D eigenvalue weighted by atomic mass is 19.4. The molecule has 1 amide bonds. The van der Waals surface area contributed by atoms with E-state index in [1.54, 1.807) is 18.2 Å². The average molecular weight is 708 g/mol. The molecule has 52 heavy (non-hydrogen) atoms. The van der Waals surface area contributed by atoms with Crippen LogP contribution in [0.5, 0.6) is 23.0 Å². The molecule has 264 valence electrons. The molecule has 1 fully saturated rings. The van der Waals surface area contributed by atoms with E-state index >= 15 is 0 Å². The van der Waals surface area contributed by atoms with Crippen molar-refractivity contribution in [2.45, 2.75) is 51.2 Å². The highest BCUT2D eigenvalue weighted by molar-refractivity contribution is 6.09. The highest BCUT2D eigenvalue weighted by Crippen LogP contribution is 2.47. The number of hydrogen-bond acceptors (Lipinski definition) is 8. The SMILES string of the molecule is CC(C)c1ccc(-c2cc(C(F)(F)F)n3nc(C(=O)N4N=C5/C(=C/c6ccc7c(c6)OCO7)CCC[C@H]5[C@H]4c4ccc5c(c4)OCO5)cc3n2)cc1. The molecule has 0 N–H and O–H groups in total. The molecule has 2 aromatic heterocycles. The topological polar surface area (TPSA) is 99.8 Å². The number of carbonyl (C=O) groups excluding carboxylic acids is 1. The smallest absolute Gasteiger partial charge is 0.433 e. The molecule has 0 spiro atoms. The first-order valence-corrected chi connectivity index (χ1v) is 17.1. The quantitative estimate of drug-likeness (QED) is 0.181. The van der Waals surface area contributed by atoms with Crippen LogP contribution in [0.4, 0.5) is 13.2 Å². The first-order valence-electron chi connectivity index (χ1n) is 17.1. The van der Waals surface area contributed by atoms with Crippen LogP contribution in [0.25, 0.3) is 23.0 Å². The van der Waals surface area contributed by atoms with Crippen molar-refractivity contribution in [1.29, 1.82) is 0 Å². The van der Waals surface area contributed by atoms with Gasteiger partial charge in [-0.1, -0.05) is 50.2 Å². The molecule has 10 nitrogen and oxygen atoms in total. The van der Waals surface area contributed by atoms with E-state index < -0.39 is 23.8 Å². The summed E-state index contributed by atoms with van der Waals surface area (Å²) in [6.07, 6.45) is -0.418. The third-order valence-corrected chi connectivity index (χ3v) is 10.00. The predicted octanol–water partition coefficient (Wildman–Crippen LogP) is 8.43. The van der Waals surface area contributed by atoms with Gasteiger partial charge in [0.15, 0.2) is 40.0 Å². The van der Waals surface area contributed by atoms with Gasteiger partial charge < -0.3 is 18.9 Å². The van der Waals surface area contributed by atoms with Gasteiger partial charge in [0.25, 0.3) is 5.91 Å². The van der Waals surface area contributed by atoms with E-state index in [9.17, 15) is 18.0 Å². The van der Waals surface area contributed by atoms with Crippen LogP contribution in [0, 0.1) is 5.92 Å². The predicted molar refractivity (Wildman–Crippen MR) is 184 cm³/mol. The van der Waals surface area contributed by atoms with E-state index in [1.165, 1.54) is 11.1 Å². The fraction of sp³-hybridized carbons (Fsp3) is 0.282. The number of aromatic nitrogens is 3. The Hall–Kier alpha value is -5.85. The largest absolute Gasteiger partial charge is 0.454 e. The number of rotatable bonds is 5. The zero-order valence-electron chi connectivity index (χ0n) is 28.2. The Balaban J connectivity index is 1.13. The minimum Gasteiger partial charge on any atom is -0.454 e. The van der Waals surface area contributed by atoms with Gasteiger partial charge in [-0.25, -0.2) is 14.5 Å². The number of halogens is 3. The van der Waals surface area contributed by atoms with E-state index in [1.807, 2.05) is 62.4 Å². The number of fused-ring (bicyclic) bond motifs is 4. The normalized spacial score (nSPS) is 19.8. The third kappa shape index (κ3) is 5.51. The molecule has 0 bridgehead atoms. The summed E-state index contributed by atoms with van der Waals surface area (Å²) in [5, 5.41) is 10.5. The number of hydrogen-bond donors (Lipinski definition) is 0. The second-order valence-electron chi connectivity index (χ2n) is 13.6. The monoisotopic (exact) mass is 707 g/mol. The summed E-state index contributed by atoms with van der Waals surface area (Å²) < 4.78 is 66.6. The minimum atomic E-state index is -4.77. The summed E-state index contributed by atoms with van der Waals surface area (Å²) in [6.45, 7) is 4.33. The second-order valence-corrected chi connectivity index (χ2v) is 13.6. The Bertz CT molecular complexity index is 2310. The molecule has 4 aliphatic rings. The van der Waals surface area contributed by atoms with E-state index in [4.69, 9.17) is 24.0 Å². The lowest BCUT2D eigenvalue weighted by Crippen LogP contribution is -2.32. The van der Waals surface area contributed by atoms with E-state index in [-0.39, 0.29) is 42.5 Å². The molecule has 3 aliphatic heterocycles. The Labute approximate surface area is 296 Å². The zero-order chi connectivity index (χ0) is 35.7. The molecule has 5 aromatic rings. The van der Waals surface area contributed by atoms with Crippen LogP contribution in [-0.4, -0.2) is 44.8 Å². The van der Waals surface area contributed by atoms with Crippen molar-refractivity contribution >= 4 is 23.3 Å². The molecule has 13 heteroatoms. The van der Waals surface area contributed by atoms with E-state index in [0.717, 1.165) is 53.3 Å². The summed E-state index contributed by atoms with van der Waals surface area (Å²) in [7, 11) is 0. The van der Waals surface area contributed by atoms with Crippen molar-refractivity contribution < 1.29 is 36.9 Å². The van der Waals surface area contributed by atoms with Gasteiger partial charge in [0.2, 0.25) is 13.6 Å². The average Bonchev–Trinajstić information content (AvgIpc) is 3.95. The van der Waals surface area contributed by atoms with Crippen molar-refractivity contribution in [3.05, 3.63) is 106 Å². The molecule has 0 saturated heterocycles. The lowest BCUT2D eigenvalue weighted by molar-refractivity contribution is -0.142. The lowest BCUT2D eigenvalue weighted by Gasteiger charge is -2.29. The van der Waals surface area contributed by atoms with Crippen LogP contribution in [0.3, 0.4) is 0 Å². The highest BCUT2D eigenvalue weighted by Gasteiger charge is 2.45. The Morgan fingerprint density at radius 3 is 2.33 bits per heavy atom. The van der Waals surface area contributed by atoms with Crippen LogP contribution in [0.15, 0.2) is 83.5 Å². The molecule has 1 saturated carbocycles. The van der Waals surface area contributed by atoms with Crippen molar-refractivity contribution in [1.82, 2.24) is 19.6 Å². The molecule has 2 atom stereocenters. The summed E-state index contributed by atoms with van der Waals surface area (Å²) in [5.41, 5.74) is 3.70. The number of nitrogens with zero attached hydrogens (tertiary/aromatic N) is 5. The Morgan fingerprint density at radius 1 is 0.885 bits per heavy atom. The summed E-state index contributed by atoms with van der Waals surface area (Å²) in [6, 6.07) is 20.2. The molecule has 1 aliphatic carbocycles. The van der Waals surface area contributed by atoms with Crippen LogP contribution in [0.1, 0.15) is 77.9 Å². The fourth-order valence-corrected chi connectivity index (χ4v) is 7.39. The number of hydrazone groups is 1. The maximum Gasteiger partial charge on any atom is 0.433 e. The van der Waals surface area contributed by atoms with Gasteiger partial charge in [-0.15, -0.1) is 0 Å². The molecule has 3 aromatic carbocycles. The number of alkyl halides is 3. The van der Waals surface area contributed by atoms with Crippen molar-refractivity contribution in [2.75, 3.05) is 13.6 Å². The number of ether oxygens (including phenoxy) is 4. The van der Waals surface area contributed by atoms with Gasteiger partial charge in [0.1, 0.15) is 0 Å². The molecular weight excluding hydrogens is 675 g/mol. The standard InChI is InChI=1S/C39H32F3N5O5/c1-21(2)23-7-9-24(10-8-23)28-17-34(39(40,41)42)46-35(43-28)18-29(44-46)38(48)47-37(26-11-13-31-33(16-26)52-20-50-31)27-5-3-4-25(36(27)45-47)14-22-6-12-30-32(15-22)51-19-49-30/h6-18,21,27,37H,3-5,19-20H2,1-2H3/b25-14+/t27-,37-/m1/s1. The van der Waals surface area contributed by atoms with Gasteiger partial charge in [-0.05, 0) is 83.9 Å². The van der Waals surface area contributed by atoms with Gasteiger partial charge >= 0.3 is 6.18 Å². The number of benzene rings is 3. The number of amides is 1. The maximum absolute atomic E-state index is 14.5. The van der Waals surface area contributed by atoms with Crippen LogP contribution < -0.4 is 18.9 Å². The molecule has 0 radical (unpaired) electrons. The number of allylic oxidation sites excluding steroid dienone is 1. The Kier molecular flexibility index (Phi) is 7.49. The molecular formula is C39H32F3N5O5. The summed E-state index contributed by atoms with van der Waals surface area (Å²) >= 11 is 0. The fourth-order valence-electron chi connectivity index (χ4n) is 7.39. The van der Waals surface area contributed by atoms with E-state index in [2.05, 4.69) is 10.1 Å². The van der Waals surface area contributed by atoms with Gasteiger partial charge in [-0.3, -0.25) is 4.79 Å².